The van der Waals surface area contributed by atoms with E-state index in [2.05, 4.69) is 5.32 Å². The molecule has 1 saturated heterocycles. The average molecular weight is 603 g/mol. The topological polar surface area (TPSA) is 169 Å². The lowest BCUT2D eigenvalue weighted by atomic mass is 9.97. The van der Waals surface area contributed by atoms with Crippen molar-refractivity contribution in [3.63, 3.8) is 0 Å². The van der Waals surface area contributed by atoms with Gasteiger partial charge in [-0.05, 0) is 68.1 Å². The number of guanidine groups is 1. The van der Waals surface area contributed by atoms with Crippen molar-refractivity contribution in [3.05, 3.63) is 42.5 Å². The molecule has 2 amide bonds. The Morgan fingerprint density at radius 3 is 2.45 bits per heavy atom. The normalized spacial score (nSPS) is 15.0. The first-order valence-electron chi connectivity index (χ1n) is 14.3. The first-order chi connectivity index (χ1) is 20.2. The van der Waals surface area contributed by atoms with Crippen LogP contribution in [0.3, 0.4) is 0 Å². The van der Waals surface area contributed by atoms with E-state index in [1.54, 1.807) is 25.1 Å². The molecule has 12 nitrogen and oxygen atoms in total. The van der Waals surface area contributed by atoms with Gasteiger partial charge < -0.3 is 20.7 Å². The summed E-state index contributed by atoms with van der Waals surface area (Å²) in [6.45, 7) is 5.31. The van der Waals surface area contributed by atoms with Crippen LogP contribution in [0.25, 0.3) is 10.8 Å². The van der Waals surface area contributed by atoms with Crippen LogP contribution in [0.4, 0.5) is 5.69 Å². The second kappa shape index (κ2) is 16.2. The smallest absolute Gasteiger partial charge is 0.325 e. The average Bonchev–Trinajstić information content (AvgIpc) is 2.97. The number of anilines is 1. The fourth-order valence-corrected chi connectivity index (χ4v) is 5.76. The molecule has 230 valence electrons. The van der Waals surface area contributed by atoms with Crippen molar-refractivity contribution in [3.8, 4) is 0 Å². The van der Waals surface area contributed by atoms with E-state index >= 15 is 0 Å². The molecular formula is C29H42N6O6S. The molecule has 0 aromatic heterocycles. The van der Waals surface area contributed by atoms with E-state index < -0.39 is 47.5 Å². The maximum Gasteiger partial charge on any atom is 0.325 e. The number of fused-ring (bicyclic) bond motifs is 1. The van der Waals surface area contributed by atoms with E-state index in [1.807, 2.05) is 31.2 Å². The van der Waals surface area contributed by atoms with E-state index in [9.17, 15) is 23.1 Å². The molecule has 2 unspecified atom stereocenters. The second-order valence-corrected chi connectivity index (χ2v) is 11.2. The monoisotopic (exact) mass is 602 g/mol. The van der Waals surface area contributed by atoms with E-state index in [4.69, 9.17) is 15.9 Å². The first kappa shape index (κ1) is 33.0. The number of benzene rings is 2. The molecule has 0 spiro atoms. The number of nitrogens with zero attached hydrogens (tertiary/aromatic N) is 3. The Bertz CT molecular complexity index is 1270. The molecule has 0 radical (unpaired) electrons. The van der Waals surface area contributed by atoms with Gasteiger partial charge in [0.05, 0.1) is 18.7 Å². The lowest BCUT2D eigenvalue weighted by Gasteiger charge is -2.35. The van der Waals surface area contributed by atoms with Crippen molar-refractivity contribution < 1.29 is 27.9 Å². The number of nitrogens with one attached hydrogen (secondary N) is 2. The van der Waals surface area contributed by atoms with Gasteiger partial charge in [-0.3, -0.25) is 33.6 Å². The minimum Gasteiger partial charge on any atom is -0.465 e. The summed E-state index contributed by atoms with van der Waals surface area (Å²) in [6.07, 6.45) is 2.36. The van der Waals surface area contributed by atoms with Crippen molar-refractivity contribution in [1.29, 1.82) is 5.41 Å². The molecule has 5 N–H and O–H groups in total. The maximum atomic E-state index is 14.2. The summed E-state index contributed by atoms with van der Waals surface area (Å²) in [5.41, 5.74) is 6.08. The van der Waals surface area contributed by atoms with Crippen LogP contribution in [-0.2, 0) is 30.4 Å². The van der Waals surface area contributed by atoms with Crippen LogP contribution in [0.1, 0.15) is 46.0 Å². The Kier molecular flexibility index (Phi) is 12.7. The maximum absolute atomic E-state index is 14.2. The van der Waals surface area contributed by atoms with E-state index in [-0.39, 0.29) is 37.8 Å². The molecule has 1 heterocycles. The summed E-state index contributed by atoms with van der Waals surface area (Å²) in [5, 5.41) is 13.0. The van der Waals surface area contributed by atoms with Gasteiger partial charge in [-0.1, -0.05) is 43.7 Å². The molecule has 1 fully saturated rings. The zero-order valence-corrected chi connectivity index (χ0v) is 25.1. The third kappa shape index (κ3) is 8.97. The van der Waals surface area contributed by atoms with Gasteiger partial charge in [0.2, 0.25) is 11.8 Å². The number of nitrogens with two attached hydrogens (primary N) is 1. The molecule has 3 rings (SSSR count). The lowest BCUT2D eigenvalue weighted by Crippen LogP contribution is -2.54. The quantitative estimate of drug-likeness (QED) is 0.111. The van der Waals surface area contributed by atoms with Crippen LogP contribution in [0, 0.1) is 11.3 Å². The number of piperidine rings is 1. The van der Waals surface area contributed by atoms with Crippen LogP contribution in [0.2, 0.25) is 0 Å². The van der Waals surface area contributed by atoms with Crippen molar-refractivity contribution in [2.45, 2.75) is 52.0 Å². The number of rotatable bonds is 14. The molecule has 13 heteroatoms. The number of esters is 1. The van der Waals surface area contributed by atoms with Crippen LogP contribution >= 0.6 is 0 Å². The number of unbranched alkanes of at least 4 members (excludes halogenated alkanes) is 1. The first-order valence-corrected chi connectivity index (χ1v) is 15.4. The molecule has 42 heavy (non-hydrogen) atoms. The third-order valence-electron chi connectivity index (χ3n) is 7.30. The molecule has 2 atom stereocenters. The van der Waals surface area contributed by atoms with Crippen LogP contribution in [0.5, 0.6) is 0 Å². The highest BCUT2D eigenvalue weighted by Crippen LogP contribution is 2.27. The summed E-state index contributed by atoms with van der Waals surface area (Å²) in [6, 6.07) is 11.0. The van der Waals surface area contributed by atoms with Gasteiger partial charge in [-0.15, -0.1) is 0 Å². The number of carbonyl (C=O) groups excluding carboxylic acids is 3. The third-order valence-corrected chi connectivity index (χ3v) is 8.10. The summed E-state index contributed by atoms with van der Waals surface area (Å²) in [7, 11) is 0. The fraction of sp³-hybridized carbons (Fsp3) is 0.517. The Balaban J connectivity index is 2.03. The molecule has 1 aliphatic rings. The fourth-order valence-electron chi connectivity index (χ4n) is 5.09. The zero-order chi connectivity index (χ0) is 30.6. The predicted octanol–water partition coefficient (Wildman–Crippen LogP) is 2.46. The minimum atomic E-state index is -2.73. The van der Waals surface area contributed by atoms with Crippen LogP contribution in [0.15, 0.2) is 42.5 Å². The molecule has 0 bridgehead atoms. The van der Waals surface area contributed by atoms with E-state index in [1.165, 1.54) is 4.90 Å². The van der Waals surface area contributed by atoms with Gasteiger partial charge in [0.25, 0.3) is 11.3 Å². The molecule has 0 aliphatic carbocycles. The highest BCUT2D eigenvalue weighted by atomic mass is 32.2. The number of amides is 2. The van der Waals surface area contributed by atoms with Gasteiger partial charge in [0.1, 0.15) is 12.6 Å². The lowest BCUT2D eigenvalue weighted by molar-refractivity contribution is -0.149. The molecule has 0 saturated carbocycles. The van der Waals surface area contributed by atoms with Gasteiger partial charge in [0.15, 0.2) is 5.96 Å². The minimum absolute atomic E-state index is 0.113. The molecular weight excluding hydrogens is 560 g/mol. The Labute approximate surface area is 249 Å². The van der Waals surface area contributed by atoms with Crippen molar-refractivity contribution in [2.75, 3.05) is 43.6 Å². The molecule has 2 aromatic rings. The van der Waals surface area contributed by atoms with Crippen molar-refractivity contribution in [1.82, 2.24) is 15.1 Å². The zero-order valence-electron chi connectivity index (χ0n) is 24.3. The molecule has 2 aromatic carbocycles. The van der Waals surface area contributed by atoms with Crippen LogP contribution in [-0.4, -0.2) is 87.7 Å². The SMILES string of the molecule is CCCCN(CC(=O)OCC)C(=O)C(CC(=O)N(CC1CCNCC1)C(=N)N)N(c1ccc2ccccc2c1)S(=O)O. The number of carbonyl (C=O) groups is 3. The van der Waals surface area contributed by atoms with Gasteiger partial charge >= 0.3 is 5.97 Å². The van der Waals surface area contributed by atoms with Gasteiger partial charge in [-0.2, -0.15) is 0 Å². The summed E-state index contributed by atoms with van der Waals surface area (Å²) in [5.74, 6) is -2.26. The summed E-state index contributed by atoms with van der Waals surface area (Å²) >= 11 is -2.73. The van der Waals surface area contributed by atoms with Gasteiger partial charge in [0, 0.05) is 13.1 Å². The van der Waals surface area contributed by atoms with E-state index in [0.717, 1.165) is 52.3 Å². The van der Waals surface area contributed by atoms with Crippen molar-refractivity contribution >= 4 is 51.5 Å². The molecule has 1 aliphatic heterocycles. The van der Waals surface area contributed by atoms with Gasteiger partial charge in [-0.25, -0.2) is 4.21 Å². The van der Waals surface area contributed by atoms with Crippen molar-refractivity contribution in [2.24, 2.45) is 11.7 Å². The highest BCUT2D eigenvalue weighted by molar-refractivity contribution is 7.80. The Hall–Kier alpha value is -3.55. The highest BCUT2D eigenvalue weighted by Gasteiger charge is 2.38. The number of ether oxygens (including phenoxy) is 1. The number of hydrogen-bond donors (Lipinski definition) is 4. The van der Waals surface area contributed by atoms with Crippen LogP contribution < -0.4 is 15.4 Å². The predicted molar refractivity (Wildman–Crippen MR) is 163 cm³/mol. The largest absolute Gasteiger partial charge is 0.465 e. The summed E-state index contributed by atoms with van der Waals surface area (Å²) < 4.78 is 29.5. The standard InChI is InChI=1S/C29H42N6O6S/c1-3-5-16-33(20-27(37)41-4-2)28(38)25(18-26(36)34(29(30)31)19-21-12-14-32-15-13-21)35(42(39)40)24-11-10-22-8-6-7-9-23(22)17-24/h6-11,17,21,25,32H,3-5,12-16,18-20H2,1-2H3,(H3,30,31)(H,39,40). The Morgan fingerprint density at radius 2 is 1.83 bits per heavy atom. The second-order valence-electron chi connectivity index (χ2n) is 10.3. The number of hydrogen-bond acceptors (Lipinski definition) is 7. The summed E-state index contributed by atoms with van der Waals surface area (Å²) in [4.78, 5) is 42.7. The van der Waals surface area contributed by atoms with E-state index in [0.29, 0.717) is 6.42 Å². The Morgan fingerprint density at radius 1 is 1.14 bits per heavy atom.